The molecule has 0 fully saturated rings. The minimum absolute atomic E-state index is 0. The van der Waals surface area contributed by atoms with Crippen molar-refractivity contribution in [1.29, 1.82) is 0 Å². The molecule has 0 aromatic carbocycles. The van der Waals surface area contributed by atoms with Crippen LogP contribution in [0.1, 0.15) is 21.7 Å². The average Bonchev–Trinajstić information content (AvgIpc) is 1.87. The third-order valence-corrected chi connectivity index (χ3v) is 1.19. The van der Waals surface area contributed by atoms with Gasteiger partial charge in [0.05, 0.1) is 0 Å². The number of rotatable bonds is 3. The van der Waals surface area contributed by atoms with Gasteiger partial charge in [-0.25, -0.2) is 0 Å². The maximum Gasteiger partial charge on any atom is 1.00 e. The summed E-state index contributed by atoms with van der Waals surface area (Å²) in [6, 6.07) is 0.260. The van der Waals surface area contributed by atoms with Gasteiger partial charge in [0, 0.05) is 6.04 Å². The van der Waals surface area contributed by atoms with Crippen LogP contribution in [0.25, 0.3) is 0 Å². The van der Waals surface area contributed by atoms with E-state index in [0.29, 0.717) is 0 Å². The molecule has 0 rings (SSSR count). The quantitative estimate of drug-likeness (QED) is 0.390. The van der Waals surface area contributed by atoms with Gasteiger partial charge in [0.1, 0.15) is 0 Å². The Kier molecular flexibility index (Phi) is 10.7. The molecular formula is C7H14KNO. The molecular weight excluding hydrogens is 153 g/mol. The van der Waals surface area contributed by atoms with E-state index in [9.17, 15) is 4.79 Å². The first-order valence-electron chi connectivity index (χ1n) is 3.13. The number of hydrogen-bond acceptors (Lipinski definition) is 1. The fourth-order valence-electron chi connectivity index (χ4n) is 0.404. The van der Waals surface area contributed by atoms with Gasteiger partial charge in [0.15, 0.2) is 0 Å². The van der Waals surface area contributed by atoms with Gasteiger partial charge >= 0.3 is 51.4 Å². The fourth-order valence-corrected chi connectivity index (χ4v) is 0.404. The summed E-state index contributed by atoms with van der Waals surface area (Å²) in [4.78, 5) is 10.6. The Hall–Kier alpha value is 0.846. The molecule has 0 aliphatic carbocycles. The SMILES string of the molecule is C=CC(=O)NC(C)CC.[H-].[K+]. The van der Waals surface area contributed by atoms with Crippen LogP contribution in [-0.4, -0.2) is 11.9 Å². The fraction of sp³-hybridized carbons (Fsp3) is 0.571. The van der Waals surface area contributed by atoms with Crippen LogP contribution in [0.3, 0.4) is 0 Å². The Morgan fingerprint density at radius 1 is 1.90 bits per heavy atom. The molecule has 0 aromatic rings. The molecule has 3 heteroatoms. The molecule has 0 saturated carbocycles. The topological polar surface area (TPSA) is 29.1 Å². The molecule has 1 N–H and O–H groups in total. The first-order chi connectivity index (χ1) is 4.20. The second kappa shape index (κ2) is 7.95. The Bertz CT molecular complexity index is 119. The zero-order valence-corrected chi connectivity index (χ0v) is 10.1. The number of hydrogen-bond donors (Lipinski definition) is 1. The zero-order valence-electron chi connectivity index (χ0n) is 7.98. The molecule has 1 atom stereocenters. The predicted molar refractivity (Wildman–Crippen MR) is 39.2 cm³/mol. The van der Waals surface area contributed by atoms with Crippen LogP contribution in [-0.2, 0) is 4.79 Å². The molecule has 2 nitrogen and oxygen atoms in total. The number of amides is 1. The molecule has 10 heavy (non-hydrogen) atoms. The van der Waals surface area contributed by atoms with E-state index in [2.05, 4.69) is 11.9 Å². The van der Waals surface area contributed by atoms with E-state index in [1.807, 2.05) is 13.8 Å². The second-order valence-corrected chi connectivity index (χ2v) is 2.02. The van der Waals surface area contributed by atoms with Crippen LogP contribution >= 0.6 is 0 Å². The summed E-state index contributed by atoms with van der Waals surface area (Å²) in [5.74, 6) is -0.0932. The minimum Gasteiger partial charge on any atom is -1.00 e. The Morgan fingerprint density at radius 2 is 2.40 bits per heavy atom. The van der Waals surface area contributed by atoms with E-state index < -0.39 is 0 Å². The first-order valence-corrected chi connectivity index (χ1v) is 3.13. The molecule has 0 aromatic heterocycles. The average molecular weight is 167 g/mol. The maximum atomic E-state index is 10.6. The van der Waals surface area contributed by atoms with Gasteiger partial charge in [-0.3, -0.25) is 4.79 Å². The summed E-state index contributed by atoms with van der Waals surface area (Å²) >= 11 is 0. The largest absolute Gasteiger partial charge is 1.00 e. The molecule has 0 spiro atoms. The molecule has 0 heterocycles. The monoisotopic (exact) mass is 167 g/mol. The third-order valence-electron chi connectivity index (χ3n) is 1.19. The van der Waals surface area contributed by atoms with Crippen molar-refractivity contribution in [2.75, 3.05) is 0 Å². The second-order valence-electron chi connectivity index (χ2n) is 2.02. The summed E-state index contributed by atoms with van der Waals surface area (Å²) in [7, 11) is 0. The molecule has 0 aliphatic heterocycles. The predicted octanol–water partition coefficient (Wildman–Crippen LogP) is -1.80. The maximum absolute atomic E-state index is 10.6. The zero-order chi connectivity index (χ0) is 7.28. The van der Waals surface area contributed by atoms with E-state index in [1.165, 1.54) is 6.08 Å². The van der Waals surface area contributed by atoms with Crippen LogP contribution in [0.2, 0.25) is 0 Å². The number of carbonyl (C=O) groups is 1. The number of carbonyl (C=O) groups excluding carboxylic acids is 1. The minimum atomic E-state index is -0.0932. The molecule has 1 amide bonds. The summed E-state index contributed by atoms with van der Waals surface area (Å²) in [5.41, 5.74) is 0. The molecule has 0 bridgehead atoms. The normalized spacial score (nSPS) is 11.0. The number of nitrogens with one attached hydrogen (secondary N) is 1. The van der Waals surface area contributed by atoms with Crippen molar-refractivity contribution < 1.29 is 57.6 Å². The van der Waals surface area contributed by atoms with Crippen molar-refractivity contribution in [3.63, 3.8) is 0 Å². The van der Waals surface area contributed by atoms with Crippen LogP contribution < -0.4 is 56.7 Å². The molecule has 0 saturated heterocycles. The Labute approximate surface area is 106 Å². The smallest absolute Gasteiger partial charge is 1.00 e. The van der Waals surface area contributed by atoms with Crippen molar-refractivity contribution in [3.8, 4) is 0 Å². The Balaban J connectivity index is -0.000000320. The first kappa shape index (κ1) is 13.4. The van der Waals surface area contributed by atoms with Gasteiger partial charge in [-0.15, -0.1) is 0 Å². The third kappa shape index (κ3) is 6.96. The van der Waals surface area contributed by atoms with E-state index in [1.54, 1.807) is 0 Å². The van der Waals surface area contributed by atoms with E-state index in [0.717, 1.165) is 6.42 Å². The van der Waals surface area contributed by atoms with Crippen LogP contribution in [0, 0.1) is 0 Å². The van der Waals surface area contributed by atoms with Gasteiger partial charge in [-0.1, -0.05) is 13.5 Å². The van der Waals surface area contributed by atoms with Crippen molar-refractivity contribution in [2.24, 2.45) is 0 Å². The van der Waals surface area contributed by atoms with Gasteiger partial charge in [-0.05, 0) is 19.4 Å². The molecule has 1 unspecified atom stereocenters. The van der Waals surface area contributed by atoms with Crippen molar-refractivity contribution >= 4 is 5.91 Å². The summed E-state index contributed by atoms with van der Waals surface area (Å²) in [6.45, 7) is 7.32. The summed E-state index contributed by atoms with van der Waals surface area (Å²) in [6.07, 6.45) is 2.24. The van der Waals surface area contributed by atoms with E-state index >= 15 is 0 Å². The molecule has 54 valence electrons. The van der Waals surface area contributed by atoms with Crippen LogP contribution in [0.15, 0.2) is 12.7 Å². The summed E-state index contributed by atoms with van der Waals surface area (Å²) in [5, 5.41) is 2.72. The van der Waals surface area contributed by atoms with Gasteiger partial charge in [0.2, 0.25) is 5.91 Å². The summed E-state index contributed by atoms with van der Waals surface area (Å²) < 4.78 is 0. The van der Waals surface area contributed by atoms with E-state index in [4.69, 9.17) is 0 Å². The Morgan fingerprint density at radius 3 is 2.70 bits per heavy atom. The molecule has 0 radical (unpaired) electrons. The standard InChI is InChI=1S/C7H13NO.K.H/c1-4-6(3)8-7(9)5-2;;/h5-6H,2,4H2,1,3H3,(H,8,9);;/q;+1;-1. The van der Waals surface area contributed by atoms with E-state index in [-0.39, 0.29) is 64.8 Å². The van der Waals surface area contributed by atoms with Gasteiger partial charge < -0.3 is 6.74 Å². The van der Waals surface area contributed by atoms with Gasteiger partial charge in [0.25, 0.3) is 0 Å². The van der Waals surface area contributed by atoms with Crippen molar-refractivity contribution in [3.05, 3.63) is 12.7 Å². The van der Waals surface area contributed by atoms with Gasteiger partial charge in [-0.2, -0.15) is 0 Å². The molecule has 0 aliphatic rings. The van der Waals surface area contributed by atoms with Crippen molar-refractivity contribution in [1.82, 2.24) is 5.32 Å². The van der Waals surface area contributed by atoms with Crippen molar-refractivity contribution in [2.45, 2.75) is 26.3 Å². The van der Waals surface area contributed by atoms with Crippen LogP contribution in [0.5, 0.6) is 0 Å². The van der Waals surface area contributed by atoms with Crippen LogP contribution in [0.4, 0.5) is 0 Å².